The van der Waals surface area contributed by atoms with Gasteiger partial charge >= 0.3 is 0 Å². The molecule has 3 rings (SSSR count). The average molecular weight is 260 g/mol. The molecule has 1 amide bonds. The number of rotatable bonds is 1. The third-order valence-corrected chi connectivity index (χ3v) is 4.06. The standard InChI is InChI=1S/C15H20N2O2/c16-13-6-1-7-14-12(13)5-2-8-17(14)15(18)11-4-3-9-19-10-11/h1,6-7,11H,2-5,8-10,16H2. The summed E-state index contributed by atoms with van der Waals surface area (Å²) in [5.74, 6) is 0.215. The number of carbonyl (C=O) groups excluding carboxylic acids is 1. The van der Waals surface area contributed by atoms with Gasteiger partial charge in [-0.05, 0) is 43.4 Å². The van der Waals surface area contributed by atoms with Crippen LogP contribution in [0, 0.1) is 5.92 Å². The molecule has 1 aromatic rings. The molecule has 0 aliphatic carbocycles. The number of nitrogens with zero attached hydrogens (tertiary/aromatic N) is 1. The molecule has 102 valence electrons. The quantitative estimate of drug-likeness (QED) is 0.785. The Balaban J connectivity index is 1.86. The third-order valence-electron chi connectivity index (χ3n) is 4.06. The number of benzene rings is 1. The van der Waals surface area contributed by atoms with Gasteiger partial charge in [0.25, 0.3) is 0 Å². The number of anilines is 2. The first-order chi connectivity index (χ1) is 9.27. The molecule has 0 radical (unpaired) electrons. The minimum atomic E-state index is 0.0149. The van der Waals surface area contributed by atoms with Gasteiger partial charge in [0.05, 0.1) is 12.5 Å². The van der Waals surface area contributed by atoms with E-state index in [-0.39, 0.29) is 11.8 Å². The number of hydrogen-bond donors (Lipinski definition) is 1. The molecule has 0 aromatic heterocycles. The van der Waals surface area contributed by atoms with Crippen molar-refractivity contribution in [1.29, 1.82) is 0 Å². The number of carbonyl (C=O) groups is 1. The van der Waals surface area contributed by atoms with E-state index in [1.54, 1.807) is 0 Å². The Kier molecular flexibility index (Phi) is 3.42. The van der Waals surface area contributed by atoms with E-state index in [1.807, 2.05) is 23.1 Å². The second-order valence-electron chi connectivity index (χ2n) is 5.35. The topological polar surface area (TPSA) is 55.6 Å². The zero-order valence-corrected chi connectivity index (χ0v) is 11.1. The summed E-state index contributed by atoms with van der Waals surface area (Å²) in [4.78, 5) is 14.5. The molecule has 2 aliphatic heterocycles. The monoisotopic (exact) mass is 260 g/mol. The van der Waals surface area contributed by atoms with Crippen molar-refractivity contribution in [2.24, 2.45) is 5.92 Å². The van der Waals surface area contributed by atoms with Crippen LogP contribution >= 0.6 is 0 Å². The van der Waals surface area contributed by atoms with Gasteiger partial charge in [0, 0.05) is 24.5 Å². The predicted octanol–water partition coefficient (Wildman–Crippen LogP) is 1.97. The van der Waals surface area contributed by atoms with Crippen LogP contribution < -0.4 is 10.6 Å². The van der Waals surface area contributed by atoms with Gasteiger partial charge in [0.1, 0.15) is 0 Å². The van der Waals surface area contributed by atoms with Gasteiger partial charge in [-0.25, -0.2) is 0 Å². The van der Waals surface area contributed by atoms with Crippen LogP contribution in [0.4, 0.5) is 11.4 Å². The molecule has 1 aromatic carbocycles. The summed E-state index contributed by atoms with van der Waals surface area (Å²) in [5, 5.41) is 0. The highest BCUT2D eigenvalue weighted by atomic mass is 16.5. The molecule has 1 unspecified atom stereocenters. The Morgan fingerprint density at radius 1 is 1.37 bits per heavy atom. The summed E-state index contributed by atoms with van der Waals surface area (Å²) in [7, 11) is 0. The molecule has 0 bridgehead atoms. The van der Waals surface area contributed by atoms with E-state index in [0.29, 0.717) is 6.61 Å². The van der Waals surface area contributed by atoms with Gasteiger partial charge < -0.3 is 15.4 Å². The Morgan fingerprint density at radius 3 is 3.05 bits per heavy atom. The highest BCUT2D eigenvalue weighted by Crippen LogP contribution is 2.33. The van der Waals surface area contributed by atoms with Gasteiger partial charge in [-0.3, -0.25) is 4.79 Å². The van der Waals surface area contributed by atoms with Gasteiger partial charge in [0.2, 0.25) is 5.91 Å². The van der Waals surface area contributed by atoms with E-state index in [9.17, 15) is 4.79 Å². The van der Waals surface area contributed by atoms with Crippen molar-refractivity contribution in [3.8, 4) is 0 Å². The first-order valence-electron chi connectivity index (χ1n) is 7.04. The van der Waals surface area contributed by atoms with Crippen LogP contribution in [-0.4, -0.2) is 25.7 Å². The summed E-state index contributed by atoms with van der Waals surface area (Å²) < 4.78 is 5.43. The number of nitrogen functional groups attached to an aromatic ring is 1. The van der Waals surface area contributed by atoms with Crippen LogP contribution in [0.5, 0.6) is 0 Å². The maximum atomic E-state index is 12.6. The zero-order chi connectivity index (χ0) is 13.2. The average Bonchev–Trinajstić information content (AvgIpc) is 2.47. The lowest BCUT2D eigenvalue weighted by Gasteiger charge is -2.34. The van der Waals surface area contributed by atoms with Gasteiger partial charge in [-0.1, -0.05) is 6.07 Å². The molecule has 1 fully saturated rings. The maximum absolute atomic E-state index is 12.6. The lowest BCUT2D eigenvalue weighted by Crippen LogP contribution is -2.42. The van der Waals surface area contributed by atoms with Crippen molar-refractivity contribution in [2.45, 2.75) is 25.7 Å². The Hall–Kier alpha value is -1.55. The molecule has 1 atom stereocenters. The molecular formula is C15H20N2O2. The number of hydrogen-bond acceptors (Lipinski definition) is 3. The van der Waals surface area contributed by atoms with E-state index in [0.717, 1.165) is 55.8 Å². The number of nitrogens with two attached hydrogens (primary N) is 1. The van der Waals surface area contributed by atoms with Gasteiger partial charge in [0.15, 0.2) is 0 Å². The lowest BCUT2D eigenvalue weighted by molar-refractivity contribution is -0.126. The highest BCUT2D eigenvalue weighted by Gasteiger charge is 2.30. The third kappa shape index (κ3) is 2.32. The van der Waals surface area contributed by atoms with Crippen molar-refractivity contribution in [2.75, 3.05) is 30.4 Å². The summed E-state index contributed by atoms with van der Waals surface area (Å²) in [5.41, 5.74) is 8.95. The zero-order valence-electron chi connectivity index (χ0n) is 11.1. The second-order valence-corrected chi connectivity index (χ2v) is 5.35. The van der Waals surface area contributed by atoms with Crippen LogP contribution in [-0.2, 0) is 16.0 Å². The predicted molar refractivity (Wildman–Crippen MR) is 75.1 cm³/mol. The smallest absolute Gasteiger partial charge is 0.232 e. The van der Waals surface area contributed by atoms with Crippen LogP contribution in [0.1, 0.15) is 24.8 Å². The fourth-order valence-electron chi connectivity index (χ4n) is 3.04. The van der Waals surface area contributed by atoms with E-state index in [1.165, 1.54) is 0 Å². The Labute approximate surface area is 113 Å². The van der Waals surface area contributed by atoms with Crippen LogP contribution in [0.15, 0.2) is 18.2 Å². The first kappa shape index (κ1) is 12.5. The first-order valence-corrected chi connectivity index (χ1v) is 7.04. The fourth-order valence-corrected chi connectivity index (χ4v) is 3.04. The Morgan fingerprint density at radius 2 is 2.26 bits per heavy atom. The summed E-state index contributed by atoms with van der Waals surface area (Å²) in [6.45, 7) is 2.14. The minimum Gasteiger partial charge on any atom is -0.398 e. The van der Waals surface area contributed by atoms with Crippen molar-refractivity contribution in [1.82, 2.24) is 0 Å². The van der Waals surface area contributed by atoms with Gasteiger partial charge in [-0.15, -0.1) is 0 Å². The SMILES string of the molecule is Nc1cccc2c1CCCN2C(=O)C1CCCOC1. The summed E-state index contributed by atoms with van der Waals surface area (Å²) in [6.07, 6.45) is 3.87. The van der Waals surface area contributed by atoms with Crippen LogP contribution in [0.25, 0.3) is 0 Å². The van der Waals surface area contributed by atoms with Crippen LogP contribution in [0.2, 0.25) is 0 Å². The lowest BCUT2D eigenvalue weighted by atomic mass is 9.95. The van der Waals surface area contributed by atoms with E-state index < -0.39 is 0 Å². The summed E-state index contributed by atoms with van der Waals surface area (Å²) >= 11 is 0. The largest absolute Gasteiger partial charge is 0.398 e. The minimum absolute atomic E-state index is 0.0149. The molecule has 19 heavy (non-hydrogen) atoms. The van der Waals surface area contributed by atoms with Crippen molar-refractivity contribution < 1.29 is 9.53 Å². The molecule has 0 spiro atoms. The normalized spacial score (nSPS) is 22.9. The maximum Gasteiger partial charge on any atom is 0.232 e. The van der Waals surface area contributed by atoms with Crippen molar-refractivity contribution in [3.63, 3.8) is 0 Å². The van der Waals surface area contributed by atoms with E-state index in [4.69, 9.17) is 10.5 Å². The van der Waals surface area contributed by atoms with Crippen LogP contribution in [0.3, 0.4) is 0 Å². The van der Waals surface area contributed by atoms with E-state index in [2.05, 4.69) is 0 Å². The fraction of sp³-hybridized carbons (Fsp3) is 0.533. The molecule has 2 heterocycles. The molecule has 0 saturated carbocycles. The highest BCUT2D eigenvalue weighted by molar-refractivity contribution is 5.97. The molecule has 2 N–H and O–H groups in total. The number of amides is 1. The molecule has 1 saturated heterocycles. The Bertz CT molecular complexity index is 481. The summed E-state index contributed by atoms with van der Waals surface area (Å²) in [6, 6.07) is 5.85. The molecular weight excluding hydrogens is 240 g/mol. The van der Waals surface area contributed by atoms with Gasteiger partial charge in [-0.2, -0.15) is 0 Å². The van der Waals surface area contributed by atoms with Crippen molar-refractivity contribution >= 4 is 17.3 Å². The number of ether oxygens (including phenoxy) is 1. The number of fused-ring (bicyclic) bond motifs is 1. The van der Waals surface area contributed by atoms with E-state index >= 15 is 0 Å². The second kappa shape index (κ2) is 5.21. The molecule has 2 aliphatic rings. The molecule has 4 nitrogen and oxygen atoms in total. The van der Waals surface area contributed by atoms with Crippen molar-refractivity contribution in [3.05, 3.63) is 23.8 Å². The molecule has 4 heteroatoms.